The molecular formula is C20H16Cl2N2O3S. The highest BCUT2D eigenvalue weighted by Gasteiger charge is 2.18. The van der Waals surface area contributed by atoms with Crippen LogP contribution >= 0.6 is 23.2 Å². The van der Waals surface area contributed by atoms with Crippen molar-refractivity contribution in [3.8, 4) is 0 Å². The summed E-state index contributed by atoms with van der Waals surface area (Å²) in [6, 6.07) is 17.6. The summed E-state index contributed by atoms with van der Waals surface area (Å²) in [7, 11) is -3.76. The maximum absolute atomic E-state index is 12.7. The Balaban J connectivity index is 1.86. The Morgan fingerprint density at radius 1 is 0.893 bits per heavy atom. The fourth-order valence-corrected chi connectivity index (χ4v) is 4.01. The molecule has 2 N–H and O–H groups in total. The first kappa shape index (κ1) is 20.2. The molecule has 0 fully saturated rings. The standard InChI is InChI=1S/C20H16Cl2N2O3S/c1-13-16(20(25)23-14-10-11-17(21)18(22)12-14)8-5-9-19(13)24-28(26,27)15-6-3-2-4-7-15/h2-12,24H,1H3,(H,23,25). The second-order valence-corrected chi connectivity index (χ2v) is 8.48. The zero-order chi connectivity index (χ0) is 20.3. The molecule has 8 heteroatoms. The molecule has 0 heterocycles. The van der Waals surface area contributed by atoms with E-state index in [0.717, 1.165) is 0 Å². The van der Waals surface area contributed by atoms with Gasteiger partial charge in [-0.1, -0.05) is 47.5 Å². The van der Waals surface area contributed by atoms with Crippen LogP contribution in [0.2, 0.25) is 10.0 Å². The van der Waals surface area contributed by atoms with Gasteiger partial charge in [0.2, 0.25) is 0 Å². The van der Waals surface area contributed by atoms with Crippen molar-refractivity contribution in [1.29, 1.82) is 0 Å². The Morgan fingerprint density at radius 2 is 1.61 bits per heavy atom. The molecule has 28 heavy (non-hydrogen) atoms. The highest BCUT2D eigenvalue weighted by molar-refractivity contribution is 7.92. The van der Waals surface area contributed by atoms with E-state index in [0.29, 0.717) is 32.5 Å². The molecule has 0 radical (unpaired) electrons. The van der Waals surface area contributed by atoms with Crippen molar-refractivity contribution >= 4 is 50.5 Å². The molecule has 0 unspecified atom stereocenters. The molecule has 144 valence electrons. The van der Waals surface area contributed by atoms with E-state index in [2.05, 4.69) is 10.0 Å². The van der Waals surface area contributed by atoms with Crippen LogP contribution in [-0.4, -0.2) is 14.3 Å². The number of carbonyl (C=O) groups is 1. The molecule has 0 spiro atoms. The Hall–Kier alpha value is -2.54. The van der Waals surface area contributed by atoms with Gasteiger partial charge in [-0.3, -0.25) is 9.52 Å². The van der Waals surface area contributed by atoms with Gasteiger partial charge in [0.05, 0.1) is 20.6 Å². The average Bonchev–Trinajstić information content (AvgIpc) is 2.67. The van der Waals surface area contributed by atoms with Crippen molar-refractivity contribution in [2.24, 2.45) is 0 Å². The molecule has 5 nitrogen and oxygen atoms in total. The number of benzene rings is 3. The van der Waals surface area contributed by atoms with Crippen LogP contribution in [0.1, 0.15) is 15.9 Å². The number of hydrogen-bond acceptors (Lipinski definition) is 3. The lowest BCUT2D eigenvalue weighted by Crippen LogP contribution is -2.17. The van der Waals surface area contributed by atoms with Crippen molar-refractivity contribution in [3.05, 3.63) is 87.9 Å². The van der Waals surface area contributed by atoms with Gasteiger partial charge in [-0.2, -0.15) is 0 Å². The first-order valence-electron chi connectivity index (χ1n) is 8.22. The van der Waals surface area contributed by atoms with Crippen molar-refractivity contribution in [2.75, 3.05) is 10.0 Å². The van der Waals surface area contributed by atoms with Gasteiger partial charge < -0.3 is 5.32 Å². The molecule has 0 saturated heterocycles. The molecule has 0 aliphatic heterocycles. The minimum atomic E-state index is -3.76. The highest BCUT2D eigenvalue weighted by Crippen LogP contribution is 2.27. The molecule has 3 aromatic rings. The van der Waals surface area contributed by atoms with Gasteiger partial charge in [0.1, 0.15) is 0 Å². The van der Waals surface area contributed by atoms with Crippen LogP contribution in [0.4, 0.5) is 11.4 Å². The van der Waals surface area contributed by atoms with E-state index in [-0.39, 0.29) is 4.90 Å². The zero-order valence-corrected chi connectivity index (χ0v) is 17.1. The number of sulfonamides is 1. The molecule has 0 aliphatic rings. The van der Waals surface area contributed by atoms with E-state index >= 15 is 0 Å². The molecule has 0 atom stereocenters. The van der Waals surface area contributed by atoms with E-state index < -0.39 is 15.9 Å². The van der Waals surface area contributed by atoms with Crippen LogP contribution < -0.4 is 10.0 Å². The largest absolute Gasteiger partial charge is 0.322 e. The first-order valence-corrected chi connectivity index (χ1v) is 10.5. The lowest BCUT2D eigenvalue weighted by Gasteiger charge is -2.14. The fourth-order valence-electron chi connectivity index (χ4n) is 2.57. The number of nitrogens with one attached hydrogen (secondary N) is 2. The summed E-state index contributed by atoms with van der Waals surface area (Å²) in [6.45, 7) is 1.67. The van der Waals surface area contributed by atoms with Crippen LogP contribution in [0, 0.1) is 6.92 Å². The third-order valence-electron chi connectivity index (χ3n) is 4.05. The number of rotatable bonds is 5. The van der Waals surface area contributed by atoms with Gasteiger partial charge in [-0.15, -0.1) is 0 Å². The number of hydrogen-bond donors (Lipinski definition) is 2. The molecule has 0 saturated carbocycles. The highest BCUT2D eigenvalue weighted by atomic mass is 35.5. The third kappa shape index (κ3) is 4.47. The molecule has 0 aliphatic carbocycles. The van der Waals surface area contributed by atoms with Gasteiger partial charge in [0, 0.05) is 11.3 Å². The first-order chi connectivity index (χ1) is 13.3. The van der Waals surface area contributed by atoms with Crippen molar-refractivity contribution < 1.29 is 13.2 Å². The summed E-state index contributed by atoms with van der Waals surface area (Å²) in [5.74, 6) is -0.392. The second-order valence-electron chi connectivity index (χ2n) is 5.98. The molecular weight excluding hydrogens is 419 g/mol. The molecule has 0 aromatic heterocycles. The minimum absolute atomic E-state index is 0.139. The average molecular weight is 435 g/mol. The molecule has 1 amide bonds. The minimum Gasteiger partial charge on any atom is -0.322 e. The van der Waals surface area contributed by atoms with Gasteiger partial charge in [0.25, 0.3) is 15.9 Å². The molecule has 0 bridgehead atoms. The van der Waals surface area contributed by atoms with Crippen LogP contribution in [0.15, 0.2) is 71.6 Å². The van der Waals surface area contributed by atoms with Gasteiger partial charge >= 0.3 is 0 Å². The quantitative estimate of drug-likeness (QED) is 0.567. The topological polar surface area (TPSA) is 75.3 Å². The smallest absolute Gasteiger partial charge is 0.261 e. The predicted molar refractivity (Wildman–Crippen MR) is 113 cm³/mol. The van der Waals surface area contributed by atoms with E-state index in [1.807, 2.05) is 0 Å². The van der Waals surface area contributed by atoms with Crippen LogP contribution in [0.3, 0.4) is 0 Å². The number of carbonyl (C=O) groups excluding carboxylic acids is 1. The monoisotopic (exact) mass is 434 g/mol. The zero-order valence-electron chi connectivity index (χ0n) is 14.7. The maximum Gasteiger partial charge on any atom is 0.261 e. The van der Waals surface area contributed by atoms with Gasteiger partial charge in [-0.05, 0) is 55.0 Å². The number of halogens is 2. The number of anilines is 2. The van der Waals surface area contributed by atoms with Crippen LogP contribution in [0.25, 0.3) is 0 Å². The summed E-state index contributed by atoms with van der Waals surface area (Å²) in [4.78, 5) is 12.8. The SMILES string of the molecule is Cc1c(NS(=O)(=O)c2ccccc2)cccc1C(=O)Nc1ccc(Cl)c(Cl)c1. The van der Waals surface area contributed by atoms with E-state index in [9.17, 15) is 13.2 Å². The van der Waals surface area contributed by atoms with Crippen molar-refractivity contribution in [3.63, 3.8) is 0 Å². The summed E-state index contributed by atoms with van der Waals surface area (Å²) in [6.07, 6.45) is 0. The normalized spacial score (nSPS) is 11.1. The van der Waals surface area contributed by atoms with E-state index in [1.54, 1.807) is 61.5 Å². The number of amides is 1. The maximum atomic E-state index is 12.7. The lowest BCUT2D eigenvalue weighted by molar-refractivity contribution is 0.102. The van der Waals surface area contributed by atoms with Crippen molar-refractivity contribution in [1.82, 2.24) is 0 Å². The summed E-state index contributed by atoms with van der Waals surface area (Å²) in [5.41, 5.74) is 1.64. The second kappa shape index (κ2) is 8.22. The third-order valence-corrected chi connectivity index (χ3v) is 6.17. The van der Waals surface area contributed by atoms with Crippen LogP contribution in [-0.2, 0) is 10.0 Å². The van der Waals surface area contributed by atoms with Crippen LogP contribution in [0.5, 0.6) is 0 Å². The van der Waals surface area contributed by atoms with Gasteiger partial charge in [-0.25, -0.2) is 8.42 Å². The Bertz CT molecular complexity index is 1130. The van der Waals surface area contributed by atoms with Gasteiger partial charge in [0.15, 0.2) is 0 Å². The summed E-state index contributed by atoms with van der Waals surface area (Å²) < 4.78 is 27.6. The summed E-state index contributed by atoms with van der Waals surface area (Å²) in [5, 5.41) is 3.43. The fraction of sp³-hybridized carbons (Fsp3) is 0.0500. The van der Waals surface area contributed by atoms with E-state index in [4.69, 9.17) is 23.2 Å². The summed E-state index contributed by atoms with van der Waals surface area (Å²) >= 11 is 11.9. The Morgan fingerprint density at radius 3 is 2.29 bits per heavy atom. The lowest BCUT2D eigenvalue weighted by atomic mass is 10.1. The molecule has 3 aromatic carbocycles. The van der Waals surface area contributed by atoms with E-state index in [1.165, 1.54) is 12.1 Å². The van der Waals surface area contributed by atoms with Crippen molar-refractivity contribution in [2.45, 2.75) is 11.8 Å². The Labute approximate surface area is 173 Å². The Kier molecular flexibility index (Phi) is 5.93. The molecule has 3 rings (SSSR count). The predicted octanol–water partition coefficient (Wildman–Crippen LogP) is 5.35.